The third-order valence-electron chi connectivity index (χ3n) is 11.2. The quantitative estimate of drug-likeness (QED) is 0.192. The van der Waals surface area contributed by atoms with Crippen LogP contribution in [-0.4, -0.2) is 85.5 Å². The summed E-state index contributed by atoms with van der Waals surface area (Å²) in [6.45, 7) is 2.52. The molecular weight excluding hydrogens is 731 g/mol. The van der Waals surface area contributed by atoms with Crippen molar-refractivity contribution in [3.05, 3.63) is 96.7 Å². The molecule has 1 aliphatic carbocycles. The van der Waals surface area contributed by atoms with Crippen molar-refractivity contribution in [1.82, 2.24) is 34.2 Å². The minimum absolute atomic E-state index is 0.0473. The highest BCUT2D eigenvalue weighted by Crippen LogP contribution is 2.47. The van der Waals surface area contributed by atoms with Crippen LogP contribution in [0.25, 0.3) is 33.3 Å². The van der Waals surface area contributed by atoms with Crippen LogP contribution in [-0.2, 0) is 20.5 Å². The number of hydrogen-bond acceptors (Lipinski definition) is 9. The summed E-state index contributed by atoms with van der Waals surface area (Å²) >= 11 is 14.3. The number of halogens is 2. The molecule has 13 nitrogen and oxygen atoms in total. The number of methoxy groups -OCH3 is 1. The van der Waals surface area contributed by atoms with Crippen LogP contribution in [0.5, 0.6) is 5.88 Å². The van der Waals surface area contributed by atoms with E-state index in [-0.39, 0.29) is 35.4 Å². The number of carbonyl (C=O) groups is 1. The first-order chi connectivity index (χ1) is 26.0. The number of nitrogens with zero attached hydrogens (tertiary/aromatic N) is 6. The molecule has 3 aliphatic rings. The summed E-state index contributed by atoms with van der Waals surface area (Å²) in [6.07, 6.45) is 5.00. The SMILES string of the molecule is COc1nc(-c2cccc(-c3cccc(Nc4nccc5c4c(=O)n(C)c(=O)n5C)c3Cl)c2Cl)cc2c1[C@H](N1CC[C@]3(CCN(CCO)C(=O)N3)C1)CC2. The summed E-state index contributed by atoms with van der Waals surface area (Å²) < 4.78 is 8.41. The second-order valence-electron chi connectivity index (χ2n) is 14.3. The number of carbonyl (C=O) groups excluding carboxylic acids is 1. The number of ether oxygens (including phenoxy) is 1. The van der Waals surface area contributed by atoms with Crippen molar-refractivity contribution in [2.45, 2.75) is 37.3 Å². The third kappa shape index (κ3) is 5.99. The number of aryl methyl sites for hydroxylation is 2. The summed E-state index contributed by atoms with van der Waals surface area (Å²) in [4.78, 5) is 52.1. The fourth-order valence-corrected chi connectivity index (χ4v) is 8.99. The Bertz CT molecular complexity index is 2450. The van der Waals surface area contributed by atoms with Crippen molar-refractivity contribution in [2.24, 2.45) is 14.1 Å². The van der Waals surface area contributed by atoms with Crippen molar-refractivity contribution in [3.63, 3.8) is 0 Å². The lowest BCUT2D eigenvalue weighted by molar-refractivity contribution is 0.127. The largest absolute Gasteiger partial charge is 0.481 e. The number of pyridine rings is 2. The topological polar surface area (TPSA) is 147 Å². The Labute approximate surface area is 321 Å². The van der Waals surface area contributed by atoms with Crippen molar-refractivity contribution < 1.29 is 14.6 Å². The van der Waals surface area contributed by atoms with Gasteiger partial charge in [-0.2, -0.15) is 0 Å². The summed E-state index contributed by atoms with van der Waals surface area (Å²) in [6, 6.07) is 15.0. The Kier molecular flexibility index (Phi) is 9.37. The van der Waals surface area contributed by atoms with E-state index in [1.807, 2.05) is 30.3 Å². The van der Waals surface area contributed by atoms with Crippen LogP contribution in [0.1, 0.15) is 36.4 Å². The molecule has 2 aliphatic heterocycles. The monoisotopic (exact) mass is 770 g/mol. The number of aliphatic hydroxyl groups is 1. The van der Waals surface area contributed by atoms with Crippen LogP contribution in [0.15, 0.2) is 64.3 Å². The predicted octanol–water partition coefficient (Wildman–Crippen LogP) is 5.26. The number of likely N-dealkylation sites (tertiary alicyclic amines) is 1. The van der Waals surface area contributed by atoms with E-state index >= 15 is 0 Å². The maximum Gasteiger partial charge on any atom is 0.330 e. The Morgan fingerprint density at radius 1 is 1.00 bits per heavy atom. The van der Waals surface area contributed by atoms with Gasteiger partial charge in [0.2, 0.25) is 5.88 Å². The van der Waals surface area contributed by atoms with Gasteiger partial charge in [-0.15, -0.1) is 0 Å². The van der Waals surface area contributed by atoms with Crippen LogP contribution in [0.3, 0.4) is 0 Å². The number of hydrogen-bond donors (Lipinski definition) is 3. The van der Waals surface area contributed by atoms with Gasteiger partial charge in [-0.3, -0.25) is 18.8 Å². The molecule has 2 aromatic carbocycles. The van der Waals surface area contributed by atoms with Gasteiger partial charge in [0.1, 0.15) is 11.2 Å². The number of urea groups is 1. The van der Waals surface area contributed by atoms with E-state index in [1.165, 1.54) is 17.8 Å². The minimum atomic E-state index is -0.469. The molecular formula is C39H40Cl2N8O5. The number of benzene rings is 2. The number of aromatic nitrogens is 4. The third-order valence-corrected chi connectivity index (χ3v) is 12.1. The van der Waals surface area contributed by atoms with Gasteiger partial charge < -0.3 is 25.4 Å². The summed E-state index contributed by atoms with van der Waals surface area (Å²) in [5.74, 6) is 0.831. The predicted molar refractivity (Wildman–Crippen MR) is 209 cm³/mol. The maximum absolute atomic E-state index is 13.2. The molecule has 0 unspecified atom stereocenters. The minimum Gasteiger partial charge on any atom is -0.481 e. The van der Waals surface area contributed by atoms with E-state index in [0.29, 0.717) is 57.0 Å². The summed E-state index contributed by atoms with van der Waals surface area (Å²) in [5.41, 5.74) is 4.78. The molecule has 0 saturated carbocycles. The summed E-state index contributed by atoms with van der Waals surface area (Å²) in [7, 11) is 4.68. The molecule has 3 N–H and O–H groups in total. The van der Waals surface area contributed by atoms with Gasteiger partial charge in [-0.05, 0) is 49.4 Å². The van der Waals surface area contributed by atoms with Crippen LogP contribution in [0.4, 0.5) is 16.3 Å². The highest BCUT2D eigenvalue weighted by Gasteiger charge is 2.46. The lowest BCUT2D eigenvalue weighted by Crippen LogP contribution is -2.61. The Hall–Kier alpha value is -4.95. The summed E-state index contributed by atoms with van der Waals surface area (Å²) in [5, 5.41) is 16.9. The molecule has 0 radical (unpaired) electrons. The molecule has 2 fully saturated rings. The number of fused-ring (bicyclic) bond motifs is 2. The standard InChI is InChI=1S/C39H40Cl2N8O5/c1-46-28-12-15-42-34(31(28)36(51)47(2)38(46)53)43-26-9-5-7-24(33(26)41)23-6-4-8-25(32(23)40)27-20-22-10-11-29(30(22)35(44-27)54-3)49-17-14-39(21-49)13-16-48(18-19-50)37(52)45-39/h4-9,12,15,20,29,50H,10-11,13-14,16-19,21H2,1-3H3,(H,42,43)(H,45,52)/t29-,39-/m1/s1. The number of nitrogens with one attached hydrogen (secondary N) is 2. The molecule has 54 heavy (non-hydrogen) atoms. The average molecular weight is 772 g/mol. The number of aliphatic hydroxyl groups excluding tert-OH is 1. The van der Waals surface area contributed by atoms with Gasteiger partial charge in [0.15, 0.2) is 0 Å². The highest BCUT2D eigenvalue weighted by molar-refractivity contribution is 6.39. The second-order valence-corrected chi connectivity index (χ2v) is 15.0. The smallest absolute Gasteiger partial charge is 0.330 e. The number of rotatable bonds is 8. The van der Waals surface area contributed by atoms with Gasteiger partial charge in [-0.1, -0.05) is 53.5 Å². The molecule has 2 amide bonds. The van der Waals surface area contributed by atoms with Crippen LogP contribution < -0.4 is 26.6 Å². The molecule has 15 heteroatoms. The van der Waals surface area contributed by atoms with Gasteiger partial charge in [0, 0.05) is 74.8 Å². The first-order valence-electron chi connectivity index (χ1n) is 17.9. The van der Waals surface area contributed by atoms with Crippen LogP contribution in [0, 0.1) is 0 Å². The Balaban J connectivity index is 1.09. The van der Waals surface area contributed by atoms with E-state index in [0.717, 1.165) is 60.0 Å². The Morgan fingerprint density at radius 3 is 2.50 bits per heavy atom. The fourth-order valence-electron chi connectivity index (χ4n) is 8.39. The van der Waals surface area contributed by atoms with Gasteiger partial charge in [-0.25, -0.2) is 19.6 Å². The first-order valence-corrected chi connectivity index (χ1v) is 18.7. The highest BCUT2D eigenvalue weighted by atomic mass is 35.5. The normalized spacial score (nSPS) is 19.8. The lowest BCUT2D eigenvalue weighted by Gasteiger charge is -2.40. The van der Waals surface area contributed by atoms with Crippen molar-refractivity contribution >= 4 is 51.6 Å². The fraction of sp³-hybridized carbons (Fsp3) is 0.359. The molecule has 2 atom stereocenters. The number of β-amino-alcohol motifs (C(OH)–C–C–N with tert-alkyl or cyclic N) is 1. The van der Waals surface area contributed by atoms with Crippen molar-refractivity contribution in [2.75, 3.05) is 45.2 Å². The van der Waals surface area contributed by atoms with Crippen LogP contribution >= 0.6 is 23.2 Å². The van der Waals surface area contributed by atoms with Gasteiger partial charge in [0.25, 0.3) is 5.56 Å². The molecule has 2 saturated heterocycles. The van der Waals surface area contributed by atoms with Crippen molar-refractivity contribution in [3.8, 4) is 28.3 Å². The first kappa shape index (κ1) is 36.0. The maximum atomic E-state index is 13.2. The molecule has 280 valence electrons. The van der Waals surface area contributed by atoms with Gasteiger partial charge in [0.05, 0.1) is 46.2 Å². The van der Waals surface area contributed by atoms with Crippen LogP contribution in [0.2, 0.25) is 10.0 Å². The van der Waals surface area contributed by atoms with E-state index < -0.39 is 11.2 Å². The van der Waals surface area contributed by atoms with E-state index in [2.05, 4.69) is 26.6 Å². The average Bonchev–Trinajstić information content (AvgIpc) is 3.79. The zero-order chi connectivity index (χ0) is 37.9. The van der Waals surface area contributed by atoms with E-state index in [9.17, 15) is 19.5 Å². The van der Waals surface area contributed by atoms with Gasteiger partial charge >= 0.3 is 11.7 Å². The zero-order valence-electron chi connectivity index (χ0n) is 30.2. The number of amides is 2. The van der Waals surface area contributed by atoms with E-state index in [4.69, 9.17) is 32.9 Å². The van der Waals surface area contributed by atoms with E-state index in [1.54, 1.807) is 31.2 Å². The lowest BCUT2D eigenvalue weighted by atomic mass is 9.92. The number of anilines is 2. The van der Waals surface area contributed by atoms with Crippen molar-refractivity contribution in [1.29, 1.82) is 0 Å². The Morgan fingerprint density at radius 2 is 1.74 bits per heavy atom. The second kappa shape index (κ2) is 14.0. The molecule has 1 spiro atoms. The zero-order valence-corrected chi connectivity index (χ0v) is 31.7. The molecule has 5 heterocycles. The molecule has 8 rings (SSSR count). The molecule has 3 aromatic heterocycles. The molecule has 0 bridgehead atoms. The molecule has 5 aromatic rings.